The molecule has 118 valence electrons. The molecule has 1 atom stereocenters. The highest BCUT2D eigenvalue weighted by molar-refractivity contribution is 5.90. The summed E-state index contributed by atoms with van der Waals surface area (Å²) in [5, 5.41) is 9.32. The van der Waals surface area contributed by atoms with E-state index in [1.807, 2.05) is 44.2 Å². The monoisotopic (exact) mass is 302 g/mol. The number of aliphatic hydroxyl groups is 1. The zero-order valence-electron chi connectivity index (χ0n) is 13.2. The van der Waals surface area contributed by atoms with Crippen LogP contribution in [0.5, 0.6) is 0 Å². The van der Waals surface area contributed by atoms with E-state index in [1.165, 1.54) is 0 Å². The molecule has 0 saturated heterocycles. The third kappa shape index (κ3) is 3.20. The van der Waals surface area contributed by atoms with Crippen LogP contribution in [-0.4, -0.2) is 32.8 Å². The first kappa shape index (κ1) is 16.2. The van der Waals surface area contributed by atoms with Crippen molar-refractivity contribution in [3.05, 3.63) is 53.6 Å². The average molecular weight is 302 g/mol. The van der Waals surface area contributed by atoms with E-state index in [4.69, 9.17) is 4.74 Å². The third-order valence-corrected chi connectivity index (χ3v) is 3.52. The number of rotatable bonds is 3. The van der Waals surface area contributed by atoms with Crippen molar-refractivity contribution in [2.45, 2.75) is 39.3 Å². The maximum absolute atomic E-state index is 12.1. The van der Waals surface area contributed by atoms with Gasteiger partial charge in [-0.15, -0.1) is 0 Å². The maximum atomic E-state index is 12.1. The summed E-state index contributed by atoms with van der Waals surface area (Å²) < 4.78 is 7.13. The summed E-state index contributed by atoms with van der Waals surface area (Å²) in [5.74, 6) is -0.420. The number of carbonyl (C=O) groups is 1. The largest absolute Gasteiger partial charge is 0.452 e. The molecule has 5 nitrogen and oxygen atoms in total. The SMILES string of the molecule is CC.CC1(CO)Cc2ncn(Cc3ccccc3)c2C(=O)O1. The zero-order valence-corrected chi connectivity index (χ0v) is 13.2. The Bertz CT molecular complexity index is 637. The van der Waals surface area contributed by atoms with Gasteiger partial charge in [-0.25, -0.2) is 9.78 Å². The highest BCUT2D eigenvalue weighted by Crippen LogP contribution is 2.27. The van der Waals surface area contributed by atoms with Crippen molar-refractivity contribution >= 4 is 5.97 Å². The van der Waals surface area contributed by atoms with Gasteiger partial charge >= 0.3 is 5.97 Å². The molecule has 0 bridgehead atoms. The Hall–Kier alpha value is -2.14. The van der Waals surface area contributed by atoms with Crippen LogP contribution in [0, 0.1) is 0 Å². The number of ether oxygens (including phenoxy) is 1. The number of aromatic nitrogens is 2. The Balaban J connectivity index is 0.000000847. The van der Waals surface area contributed by atoms with Crippen molar-refractivity contribution in [3.8, 4) is 0 Å². The number of cyclic esters (lactones) is 1. The molecule has 5 heteroatoms. The molecule has 0 radical (unpaired) electrons. The summed E-state index contributed by atoms with van der Waals surface area (Å²) in [7, 11) is 0. The molecular formula is C17H22N2O3. The molecule has 1 aromatic carbocycles. The first-order valence-electron chi connectivity index (χ1n) is 7.53. The first-order valence-corrected chi connectivity index (χ1v) is 7.53. The van der Waals surface area contributed by atoms with Crippen molar-refractivity contribution in [3.63, 3.8) is 0 Å². The van der Waals surface area contributed by atoms with Crippen molar-refractivity contribution < 1.29 is 14.6 Å². The van der Waals surface area contributed by atoms with Gasteiger partial charge in [0, 0.05) is 13.0 Å². The molecular weight excluding hydrogens is 280 g/mol. The standard InChI is InChI=1S/C15H16N2O3.C2H6/c1-15(9-18)7-12-13(14(19)20-15)17(10-16-12)8-11-5-3-2-4-6-11;1-2/h2-6,10,18H,7-9H2,1H3;1-2H3. The van der Waals surface area contributed by atoms with Crippen LogP contribution in [0.1, 0.15) is 42.5 Å². The Labute approximate surface area is 130 Å². The van der Waals surface area contributed by atoms with Crippen LogP contribution in [0.25, 0.3) is 0 Å². The van der Waals surface area contributed by atoms with Crippen molar-refractivity contribution in [2.75, 3.05) is 6.61 Å². The van der Waals surface area contributed by atoms with Crippen molar-refractivity contribution in [2.24, 2.45) is 0 Å². The maximum Gasteiger partial charge on any atom is 0.357 e. The Morgan fingerprint density at radius 2 is 2.00 bits per heavy atom. The van der Waals surface area contributed by atoms with Gasteiger partial charge in [0.25, 0.3) is 0 Å². The summed E-state index contributed by atoms with van der Waals surface area (Å²) in [6, 6.07) is 9.87. The number of esters is 1. The molecule has 2 heterocycles. The highest BCUT2D eigenvalue weighted by Gasteiger charge is 2.38. The number of aliphatic hydroxyl groups excluding tert-OH is 1. The minimum absolute atomic E-state index is 0.205. The van der Waals surface area contributed by atoms with E-state index in [-0.39, 0.29) is 6.61 Å². The fourth-order valence-electron chi connectivity index (χ4n) is 2.44. The van der Waals surface area contributed by atoms with Crippen LogP contribution in [0.15, 0.2) is 36.7 Å². The molecule has 22 heavy (non-hydrogen) atoms. The normalized spacial score (nSPS) is 19.7. The predicted molar refractivity (Wildman–Crippen MR) is 83.7 cm³/mol. The van der Waals surface area contributed by atoms with Gasteiger partial charge in [-0.2, -0.15) is 0 Å². The first-order chi connectivity index (χ1) is 10.6. The second kappa shape index (κ2) is 6.75. The van der Waals surface area contributed by atoms with Gasteiger partial charge in [-0.3, -0.25) is 0 Å². The lowest BCUT2D eigenvalue weighted by molar-refractivity contribution is -0.0436. The number of nitrogens with zero attached hydrogens (tertiary/aromatic N) is 2. The Morgan fingerprint density at radius 1 is 1.32 bits per heavy atom. The highest BCUT2D eigenvalue weighted by atomic mass is 16.6. The number of hydrogen-bond acceptors (Lipinski definition) is 4. The van der Waals surface area contributed by atoms with E-state index in [0.717, 1.165) is 5.56 Å². The van der Waals surface area contributed by atoms with Crippen molar-refractivity contribution in [1.82, 2.24) is 9.55 Å². The Kier molecular flexibility index (Phi) is 4.98. The van der Waals surface area contributed by atoms with E-state index in [9.17, 15) is 9.90 Å². The summed E-state index contributed by atoms with van der Waals surface area (Å²) >= 11 is 0. The van der Waals surface area contributed by atoms with Gasteiger partial charge in [0.05, 0.1) is 18.6 Å². The third-order valence-electron chi connectivity index (χ3n) is 3.52. The number of fused-ring (bicyclic) bond motifs is 1. The predicted octanol–water partition coefficient (Wildman–Crippen LogP) is 2.42. The minimum atomic E-state index is -0.865. The fraction of sp³-hybridized carbons (Fsp3) is 0.412. The lowest BCUT2D eigenvalue weighted by Crippen LogP contribution is -2.42. The lowest BCUT2D eigenvalue weighted by atomic mass is 9.97. The van der Waals surface area contributed by atoms with E-state index in [0.29, 0.717) is 24.4 Å². The Morgan fingerprint density at radius 3 is 2.64 bits per heavy atom. The molecule has 1 N–H and O–H groups in total. The zero-order chi connectivity index (χ0) is 16.2. The van der Waals surface area contributed by atoms with E-state index < -0.39 is 11.6 Å². The number of hydrogen-bond donors (Lipinski definition) is 1. The van der Waals surface area contributed by atoms with Crippen LogP contribution < -0.4 is 0 Å². The smallest absolute Gasteiger partial charge is 0.357 e. The number of benzene rings is 1. The van der Waals surface area contributed by atoms with E-state index >= 15 is 0 Å². The molecule has 0 saturated carbocycles. The molecule has 2 aromatic rings. The topological polar surface area (TPSA) is 64.4 Å². The second-order valence-corrected chi connectivity index (χ2v) is 5.33. The summed E-state index contributed by atoms with van der Waals surface area (Å²) in [6.07, 6.45) is 2.09. The summed E-state index contributed by atoms with van der Waals surface area (Å²) in [6.45, 7) is 6.09. The second-order valence-electron chi connectivity index (χ2n) is 5.33. The molecule has 1 aliphatic rings. The van der Waals surface area contributed by atoms with Gasteiger partial charge in [-0.1, -0.05) is 44.2 Å². The summed E-state index contributed by atoms with van der Waals surface area (Å²) in [5.41, 5.74) is 1.40. The molecule has 1 aromatic heterocycles. The quantitative estimate of drug-likeness (QED) is 0.884. The molecule has 0 fully saturated rings. The molecule has 1 unspecified atom stereocenters. The van der Waals surface area contributed by atoms with Crippen LogP contribution in [0.4, 0.5) is 0 Å². The number of imidazole rings is 1. The molecule has 0 spiro atoms. The fourth-order valence-corrected chi connectivity index (χ4v) is 2.44. The van der Waals surface area contributed by atoms with Crippen LogP contribution in [0.3, 0.4) is 0 Å². The van der Waals surface area contributed by atoms with Crippen LogP contribution in [0.2, 0.25) is 0 Å². The van der Waals surface area contributed by atoms with Crippen molar-refractivity contribution in [1.29, 1.82) is 0 Å². The molecule has 0 aliphatic carbocycles. The van der Waals surface area contributed by atoms with Gasteiger partial charge < -0.3 is 14.4 Å². The minimum Gasteiger partial charge on any atom is -0.452 e. The molecule has 0 amide bonds. The molecule has 3 rings (SSSR count). The number of carbonyl (C=O) groups excluding carboxylic acids is 1. The van der Waals surface area contributed by atoms with E-state index in [1.54, 1.807) is 17.8 Å². The van der Waals surface area contributed by atoms with Crippen LogP contribution in [-0.2, 0) is 17.7 Å². The lowest BCUT2D eigenvalue weighted by Gasteiger charge is -2.31. The van der Waals surface area contributed by atoms with Gasteiger partial charge in [0.2, 0.25) is 0 Å². The average Bonchev–Trinajstić information content (AvgIpc) is 2.93. The van der Waals surface area contributed by atoms with Gasteiger partial charge in [0.1, 0.15) is 5.60 Å². The van der Waals surface area contributed by atoms with Crippen LogP contribution >= 0.6 is 0 Å². The van der Waals surface area contributed by atoms with Gasteiger partial charge in [0.15, 0.2) is 5.69 Å². The van der Waals surface area contributed by atoms with E-state index in [2.05, 4.69) is 4.98 Å². The summed E-state index contributed by atoms with van der Waals surface area (Å²) in [4.78, 5) is 16.4. The molecule has 1 aliphatic heterocycles. The van der Waals surface area contributed by atoms with Gasteiger partial charge in [-0.05, 0) is 12.5 Å².